The fraction of sp³-hybridized carbons (Fsp3) is 0.190. The third-order valence-electron chi connectivity index (χ3n) is 4.67. The van der Waals surface area contributed by atoms with Crippen LogP contribution < -0.4 is 24.7 Å². The van der Waals surface area contributed by atoms with E-state index in [0.717, 1.165) is 10.6 Å². The fourth-order valence-corrected chi connectivity index (χ4v) is 4.03. The molecule has 0 atom stereocenters. The van der Waals surface area contributed by atoms with E-state index in [1.54, 1.807) is 55.3 Å². The Kier molecular flexibility index (Phi) is 5.61. The number of pyridine rings is 1. The van der Waals surface area contributed by atoms with Gasteiger partial charge in [0.2, 0.25) is 0 Å². The maximum Gasteiger partial charge on any atom is 0.344 e. The zero-order valence-corrected chi connectivity index (χ0v) is 17.9. The Morgan fingerprint density at radius 3 is 2.83 bits per heavy atom. The molecule has 0 aliphatic heterocycles. The number of hydrogen-bond acceptors (Lipinski definition) is 6. The van der Waals surface area contributed by atoms with Gasteiger partial charge in [0.25, 0.3) is 5.65 Å². The first-order valence-corrected chi connectivity index (χ1v) is 10.3. The van der Waals surface area contributed by atoms with Gasteiger partial charge in [-0.3, -0.25) is 0 Å². The second kappa shape index (κ2) is 8.33. The predicted molar refractivity (Wildman–Crippen MR) is 112 cm³/mol. The number of methoxy groups -OCH3 is 1. The second-order valence-corrected chi connectivity index (χ2v) is 8.33. The maximum absolute atomic E-state index is 12.8. The molecule has 4 aromatic rings. The van der Waals surface area contributed by atoms with Crippen LogP contribution in [-0.4, -0.2) is 16.5 Å². The number of halogens is 1. The minimum absolute atomic E-state index is 0.174. The van der Waals surface area contributed by atoms with Gasteiger partial charge in [0.1, 0.15) is 22.5 Å². The Labute approximate surface area is 181 Å². The zero-order valence-electron chi connectivity index (χ0n) is 16.3. The average molecular weight is 444 g/mol. The van der Waals surface area contributed by atoms with E-state index >= 15 is 0 Å². The number of aromatic nitrogens is 3. The minimum Gasteiger partial charge on any atom is -0.842 e. The van der Waals surface area contributed by atoms with E-state index < -0.39 is 0 Å². The minimum atomic E-state index is -0.314. The van der Waals surface area contributed by atoms with E-state index in [1.807, 2.05) is 12.1 Å². The van der Waals surface area contributed by atoms with Gasteiger partial charge in [0.15, 0.2) is 11.5 Å². The normalized spacial score (nSPS) is 11.0. The van der Waals surface area contributed by atoms with Crippen LogP contribution in [0.1, 0.15) is 16.1 Å². The van der Waals surface area contributed by atoms with Gasteiger partial charge in [0.05, 0.1) is 30.9 Å². The first-order chi connectivity index (χ1) is 14.5. The molecular formula is C21H18ClN3O4S. The standard InChI is InChI=1S/C21H18ClN3O4S/c1-13-20(26)24-8-4-3-5-19(24)25(21(13)27)11-14-6-7-15(16(9-14)28-2)29-12-18-23-10-17(22)30-18/h3-10H,11-12H2,1-2H3. The summed E-state index contributed by atoms with van der Waals surface area (Å²) in [7, 11) is 1.56. The van der Waals surface area contributed by atoms with Gasteiger partial charge in [-0.1, -0.05) is 23.7 Å². The molecule has 0 aliphatic rings. The summed E-state index contributed by atoms with van der Waals surface area (Å²) in [6.07, 6.45) is 3.24. The molecule has 3 heterocycles. The van der Waals surface area contributed by atoms with E-state index in [4.69, 9.17) is 21.1 Å². The van der Waals surface area contributed by atoms with Gasteiger partial charge in [0, 0.05) is 6.07 Å². The van der Waals surface area contributed by atoms with Crippen molar-refractivity contribution in [1.29, 1.82) is 0 Å². The quantitative estimate of drug-likeness (QED) is 0.428. The highest BCUT2D eigenvalue weighted by Gasteiger charge is 2.17. The molecule has 0 saturated carbocycles. The molecule has 0 aliphatic carbocycles. The van der Waals surface area contributed by atoms with Crippen molar-refractivity contribution in [3.05, 3.63) is 79.6 Å². The molecule has 0 unspecified atom stereocenters. The lowest BCUT2D eigenvalue weighted by molar-refractivity contribution is -0.709. The summed E-state index contributed by atoms with van der Waals surface area (Å²) >= 11 is 7.25. The number of rotatable bonds is 6. The summed E-state index contributed by atoms with van der Waals surface area (Å²) in [5.74, 6) is 0.786. The summed E-state index contributed by atoms with van der Waals surface area (Å²) in [5, 5.41) is 13.5. The molecule has 154 valence electrons. The summed E-state index contributed by atoms with van der Waals surface area (Å²) in [4.78, 5) is 16.6. The molecule has 3 aromatic heterocycles. The predicted octanol–water partition coefficient (Wildman–Crippen LogP) is 2.71. The van der Waals surface area contributed by atoms with Crippen LogP contribution in [0.5, 0.6) is 17.4 Å². The molecule has 0 saturated heterocycles. The summed E-state index contributed by atoms with van der Waals surface area (Å²) in [6.45, 7) is 2.10. The topological polar surface area (TPSA) is 79.8 Å². The molecule has 30 heavy (non-hydrogen) atoms. The van der Waals surface area contributed by atoms with Crippen molar-refractivity contribution in [2.45, 2.75) is 20.1 Å². The van der Waals surface area contributed by atoms with E-state index in [9.17, 15) is 9.90 Å². The smallest absolute Gasteiger partial charge is 0.344 e. The molecule has 7 nitrogen and oxygen atoms in total. The van der Waals surface area contributed by atoms with Crippen LogP contribution in [0.4, 0.5) is 0 Å². The third-order valence-corrected chi connectivity index (χ3v) is 5.75. The number of ether oxygens (including phenoxy) is 2. The van der Waals surface area contributed by atoms with Crippen LogP contribution in [0.3, 0.4) is 0 Å². The van der Waals surface area contributed by atoms with E-state index in [0.29, 0.717) is 21.5 Å². The van der Waals surface area contributed by atoms with E-state index in [2.05, 4.69) is 4.98 Å². The van der Waals surface area contributed by atoms with Gasteiger partial charge in [-0.2, -0.15) is 4.40 Å². The Bertz CT molecular complexity index is 1290. The van der Waals surface area contributed by atoms with Gasteiger partial charge in [-0.25, -0.2) is 14.3 Å². The number of nitrogens with zero attached hydrogens (tertiary/aromatic N) is 3. The van der Waals surface area contributed by atoms with Crippen LogP contribution in [0, 0.1) is 6.92 Å². The van der Waals surface area contributed by atoms with E-state index in [-0.39, 0.29) is 30.2 Å². The Balaban J connectivity index is 1.65. The summed E-state index contributed by atoms with van der Waals surface area (Å²) in [6, 6.07) is 10.8. The summed E-state index contributed by atoms with van der Waals surface area (Å²) in [5.41, 5.74) is 1.23. The van der Waals surface area contributed by atoms with Crippen molar-refractivity contribution < 1.29 is 19.1 Å². The molecule has 0 N–H and O–H groups in total. The van der Waals surface area contributed by atoms with Gasteiger partial charge in [-0.05, 0) is 30.7 Å². The number of thiazole rings is 1. The first kappa shape index (κ1) is 20.2. The molecule has 0 bridgehead atoms. The van der Waals surface area contributed by atoms with Crippen molar-refractivity contribution in [1.82, 2.24) is 9.38 Å². The third kappa shape index (κ3) is 3.83. The Morgan fingerprint density at radius 2 is 2.10 bits per heavy atom. The molecule has 0 radical (unpaired) electrons. The Hall–Kier alpha value is -3.10. The van der Waals surface area contributed by atoms with Gasteiger partial charge >= 0.3 is 5.56 Å². The SMILES string of the molecule is COc1cc(C[n+]2c([O-])c(C)c(=O)n3ccccc32)ccc1OCc1ncc(Cl)s1. The maximum atomic E-state index is 12.8. The van der Waals surface area contributed by atoms with Crippen molar-refractivity contribution >= 4 is 28.6 Å². The number of benzene rings is 1. The lowest BCUT2D eigenvalue weighted by Crippen LogP contribution is -2.44. The molecule has 4 rings (SSSR count). The van der Waals surface area contributed by atoms with Crippen LogP contribution in [0.15, 0.2) is 53.6 Å². The molecular weight excluding hydrogens is 426 g/mol. The summed E-state index contributed by atoms with van der Waals surface area (Å²) < 4.78 is 14.9. The monoisotopic (exact) mass is 443 g/mol. The molecule has 0 spiro atoms. The Morgan fingerprint density at radius 1 is 1.27 bits per heavy atom. The fourth-order valence-electron chi connectivity index (χ4n) is 3.16. The van der Waals surface area contributed by atoms with Crippen LogP contribution in [-0.2, 0) is 13.2 Å². The average Bonchev–Trinajstić information content (AvgIpc) is 3.19. The van der Waals surface area contributed by atoms with Gasteiger partial charge in [-0.15, -0.1) is 11.3 Å². The lowest BCUT2D eigenvalue weighted by atomic mass is 10.2. The van der Waals surface area contributed by atoms with Gasteiger partial charge < -0.3 is 14.6 Å². The number of hydrogen-bond donors (Lipinski definition) is 0. The molecule has 9 heteroatoms. The van der Waals surface area contributed by atoms with Crippen LogP contribution in [0.25, 0.3) is 5.65 Å². The molecule has 0 amide bonds. The van der Waals surface area contributed by atoms with E-state index in [1.165, 1.54) is 15.7 Å². The highest BCUT2D eigenvalue weighted by Crippen LogP contribution is 2.30. The van der Waals surface area contributed by atoms with Crippen molar-refractivity contribution in [2.75, 3.05) is 7.11 Å². The van der Waals surface area contributed by atoms with Crippen LogP contribution >= 0.6 is 22.9 Å². The highest BCUT2D eigenvalue weighted by atomic mass is 35.5. The van der Waals surface area contributed by atoms with Crippen molar-refractivity contribution in [2.24, 2.45) is 0 Å². The lowest BCUT2D eigenvalue weighted by Gasteiger charge is -2.16. The highest BCUT2D eigenvalue weighted by molar-refractivity contribution is 7.15. The second-order valence-electron chi connectivity index (χ2n) is 6.58. The zero-order chi connectivity index (χ0) is 21.3. The molecule has 0 fully saturated rings. The van der Waals surface area contributed by atoms with Crippen molar-refractivity contribution in [3.63, 3.8) is 0 Å². The van der Waals surface area contributed by atoms with Crippen molar-refractivity contribution in [3.8, 4) is 17.4 Å². The largest absolute Gasteiger partial charge is 0.842 e. The van der Waals surface area contributed by atoms with Crippen LogP contribution in [0.2, 0.25) is 4.34 Å². The first-order valence-electron chi connectivity index (χ1n) is 9.08. The number of fused-ring (bicyclic) bond motifs is 1. The molecule has 1 aromatic carbocycles.